The first kappa shape index (κ1) is 14.8. The number of benzene rings is 1. The van der Waals surface area contributed by atoms with Gasteiger partial charge in [-0.15, -0.1) is 0 Å². The SMILES string of the molecule is CC1CCCCC1NC(=O)c1ccc2c(c1)C(=O)N(C)C2=O. The van der Waals surface area contributed by atoms with E-state index in [0.717, 1.165) is 24.2 Å². The van der Waals surface area contributed by atoms with Crippen molar-refractivity contribution in [1.82, 2.24) is 10.2 Å². The smallest absolute Gasteiger partial charge is 0.261 e. The number of amides is 3. The first-order valence-corrected chi connectivity index (χ1v) is 7.76. The normalized spacial score (nSPS) is 24.4. The molecule has 0 saturated heterocycles. The fourth-order valence-corrected chi connectivity index (χ4v) is 3.28. The van der Waals surface area contributed by atoms with Crippen LogP contribution in [0.1, 0.15) is 63.7 Å². The number of hydrogen-bond acceptors (Lipinski definition) is 3. The minimum absolute atomic E-state index is 0.170. The van der Waals surface area contributed by atoms with Gasteiger partial charge in [0.15, 0.2) is 0 Å². The van der Waals surface area contributed by atoms with Crippen LogP contribution in [0, 0.1) is 5.92 Å². The second kappa shape index (κ2) is 5.55. The second-order valence-corrected chi connectivity index (χ2v) is 6.27. The molecule has 5 heteroatoms. The monoisotopic (exact) mass is 300 g/mol. The van der Waals surface area contributed by atoms with Crippen molar-refractivity contribution in [3.63, 3.8) is 0 Å². The van der Waals surface area contributed by atoms with E-state index in [0.29, 0.717) is 22.6 Å². The predicted octanol–water partition coefficient (Wildman–Crippen LogP) is 2.22. The summed E-state index contributed by atoms with van der Waals surface area (Å²) in [5.74, 6) is -0.355. The molecule has 2 unspecified atom stereocenters. The van der Waals surface area contributed by atoms with Gasteiger partial charge in [0.1, 0.15) is 0 Å². The molecule has 3 amide bonds. The molecule has 1 aliphatic heterocycles. The van der Waals surface area contributed by atoms with Crippen molar-refractivity contribution >= 4 is 17.7 Å². The number of imide groups is 1. The van der Waals surface area contributed by atoms with Gasteiger partial charge in [0.05, 0.1) is 11.1 Å². The predicted molar refractivity (Wildman–Crippen MR) is 81.8 cm³/mol. The lowest BCUT2D eigenvalue weighted by atomic mass is 9.86. The molecule has 0 spiro atoms. The molecule has 22 heavy (non-hydrogen) atoms. The molecule has 0 radical (unpaired) electrons. The van der Waals surface area contributed by atoms with Crippen LogP contribution < -0.4 is 5.32 Å². The van der Waals surface area contributed by atoms with E-state index in [1.165, 1.54) is 19.5 Å². The molecule has 2 atom stereocenters. The number of nitrogens with one attached hydrogen (secondary N) is 1. The Kier molecular flexibility index (Phi) is 3.72. The van der Waals surface area contributed by atoms with Gasteiger partial charge in [0.25, 0.3) is 17.7 Å². The van der Waals surface area contributed by atoms with E-state index >= 15 is 0 Å². The number of nitrogens with zero attached hydrogens (tertiary/aromatic N) is 1. The van der Waals surface area contributed by atoms with Crippen LogP contribution in [-0.2, 0) is 0 Å². The van der Waals surface area contributed by atoms with Crippen LogP contribution in [0.3, 0.4) is 0 Å². The van der Waals surface area contributed by atoms with Crippen LogP contribution in [-0.4, -0.2) is 35.7 Å². The van der Waals surface area contributed by atoms with E-state index in [-0.39, 0.29) is 23.8 Å². The van der Waals surface area contributed by atoms with Gasteiger partial charge in [-0.2, -0.15) is 0 Å². The quantitative estimate of drug-likeness (QED) is 0.852. The molecule has 0 aromatic heterocycles. The summed E-state index contributed by atoms with van der Waals surface area (Å²) in [7, 11) is 1.45. The van der Waals surface area contributed by atoms with Crippen molar-refractivity contribution in [3.05, 3.63) is 34.9 Å². The molecule has 2 aliphatic rings. The minimum Gasteiger partial charge on any atom is -0.349 e. The Bertz CT molecular complexity index is 653. The first-order chi connectivity index (χ1) is 10.5. The van der Waals surface area contributed by atoms with Crippen molar-refractivity contribution in [2.24, 2.45) is 5.92 Å². The lowest BCUT2D eigenvalue weighted by Gasteiger charge is -2.29. The van der Waals surface area contributed by atoms with E-state index in [1.807, 2.05) is 0 Å². The average molecular weight is 300 g/mol. The van der Waals surface area contributed by atoms with Crippen LogP contribution >= 0.6 is 0 Å². The summed E-state index contributed by atoms with van der Waals surface area (Å²) in [4.78, 5) is 37.3. The van der Waals surface area contributed by atoms with E-state index in [2.05, 4.69) is 12.2 Å². The molecule has 3 rings (SSSR count). The molecular formula is C17H20N2O3. The van der Waals surface area contributed by atoms with Crippen molar-refractivity contribution in [1.29, 1.82) is 0 Å². The van der Waals surface area contributed by atoms with Gasteiger partial charge >= 0.3 is 0 Å². The summed E-state index contributed by atoms with van der Waals surface area (Å²) >= 11 is 0. The van der Waals surface area contributed by atoms with Crippen LogP contribution in [0.25, 0.3) is 0 Å². The summed E-state index contributed by atoms with van der Waals surface area (Å²) < 4.78 is 0. The Labute approximate surface area is 129 Å². The standard InChI is InChI=1S/C17H20N2O3/c1-10-5-3-4-6-14(10)18-15(20)11-7-8-12-13(9-11)17(22)19(2)16(12)21/h7-10,14H,3-6H2,1-2H3,(H,18,20). The maximum atomic E-state index is 12.4. The number of carbonyl (C=O) groups is 3. The van der Waals surface area contributed by atoms with Crippen molar-refractivity contribution in [2.75, 3.05) is 7.05 Å². The maximum Gasteiger partial charge on any atom is 0.261 e. The number of fused-ring (bicyclic) bond motifs is 1. The molecule has 5 nitrogen and oxygen atoms in total. The van der Waals surface area contributed by atoms with Crippen LogP contribution in [0.2, 0.25) is 0 Å². The number of hydrogen-bond donors (Lipinski definition) is 1. The van der Waals surface area contributed by atoms with Gasteiger partial charge in [-0.1, -0.05) is 19.8 Å². The average Bonchev–Trinajstić information content (AvgIpc) is 2.74. The van der Waals surface area contributed by atoms with Gasteiger partial charge in [-0.05, 0) is 37.0 Å². The van der Waals surface area contributed by atoms with Gasteiger partial charge in [0, 0.05) is 18.7 Å². The highest BCUT2D eigenvalue weighted by Crippen LogP contribution is 2.25. The van der Waals surface area contributed by atoms with E-state index in [1.54, 1.807) is 12.1 Å². The summed E-state index contributed by atoms with van der Waals surface area (Å²) in [5.41, 5.74) is 1.12. The zero-order chi connectivity index (χ0) is 15.9. The molecule has 116 valence electrons. The highest BCUT2D eigenvalue weighted by atomic mass is 16.2. The summed E-state index contributed by atoms with van der Waals surface area (Å²) in [5, 5.41) is 3.06. The van der Waals surface area contributed by atoms with Crippen LogP contribution in [0.4, 0.5) is 0 Å². The zero-order valence-corrected chi connectivity index (χ0v) is 12.9. The lowest BCUT2D eigenvalue weighted by Crippen LogP contribution is -2.41. The second-order valence-electron chi connectivity index (χ2n) is 6.27. The molecule has 1 fully saturated rings. The van der Waals surface area contributed by atoms with Crippen LogP contribution in [0.5, 0.6) is 0 Å². The number of rotatable bonds is 2. The summed E-state index contributed by atoms with van der Waals surface area (Å²) in [6.07, 6.45) is 4.48. The van der Waals surface area contributed by atoms with E-state index in [4.69, 9.17) is 0 Å². The van der Waals surface area contributed by atoms with E-state index < -0.39 is 0 Å². The highest BCUT2D eigenvalue weighted by Gasteiger charge is 2.33. The molecule has 1 aromatic carbocycles. The lowest BCUT2D eigenvalue weighted by molar-refractivity contribution is 0.0693. The summed E-state index contributed by atoms with van der Waals surface area (Å²) in [6, 6.07) is 4.90. The van der Waals surface area contributed by atoms with Gasteiger partial charge in [-0.3, -0.25) is 19.3 Å². The number of carbonyl (C=O) groups excluding carboxylic acids is 3. The minimum atomic E-state index is -0.347. The molecule has 1 aliphatic carbocycles. The van der Waals surface area contributed by atoms with Crippen molar-refractivity contribution in [3.8, 4) is 0 Å². The zero-order valence-electron chi connectivity index (χ0n) is 12.9. The summed E-state index contributed by atoms with van der Waals surface area (Å²) in [6.45, 7) is 2.16. The Balaban J connectivity index is 1.80. The van der Waals surface area contributed by atoms with Crippen molar-refractivity contribution in [2.45, 2.75) is 38.6 Å². The molecule has 0 bridgehead atoms. The Morgan fingerprint density at radius 1 is 1.14 bits per heavy atom. The van der Waals surface area contributed by atoms with E-state index in [9.17, 15) is 14.4 Å². The third kappa shape index (κ3) is 2.40. The molecule has 1 aromatic rings. The third-order valence-corrected chi connectivity index (χ3v) is 4.78. The molecular weight excluding hydrogens is 280 g/mol. The fourth-order valence-electron chi connectivity index (χ4n) is 3.28. The van der Waals surface area contributed by atoms with Gasteiger partial charge < -0.3 is 5.32 Å². The first-order valence-electron chi connectivity index (χ1n) is 7.76. The molecule has 1 heterocycles. The largest absolute Gasteiger partial charge is 0.349 e. The van der Waals surface area contributed by atoms with Crippen molar-refractivity contribution < 1.29 is 14.4 Å². The Morgan fingerprint density at radius 3 is 2.55 bits per heavy atom. The molecule has 1 N–H and O–H groups in total. The Hall–Kier alpha value is -2.17. The Morgan fingerprint density at radius 2 is 1.82 bits per heavy atom. The maximum absolute atomic E-state index is 12.4. The molecule has 1 saturated carbocycles. The van der Waals surface area contributed by atoms with Crippen LogP contribution in [0.15, 0.2) is 18.2 Å². The third-order valence-electron chi connectivity index (χ3n) is 4.78. The highest BCUT2D eigenvalue weighted by molar-refractivity contribution is 6.21. The fraction of sp³-hybridized carbons (Fsp3) is 0.471. The topological polar surface area (TPSA) is 66.5 Å². The van der Waals surface area contributed by atoms with Gasteiger partial charge in [0.2, 0.25) is 0 Å². The van der Waals surface area contributed by atoms with Gasteiger partial charge in [-0.25, -0.2) is 0 Å².